The second-order valence-corrected chi connectivity index (χ2v) is 7.19. The molecule has 4 nitrogen and oxygen atoms in total. The molecule has 7 heteroatoms. The van der Waals surface area contributed by atoms with Crippen molar-refractivity contribution < 1.29 is 4.79 Å². The van der Waals surface area contributed by atoms with Crippen LogP contribution in [0.15, 0.2) is 41.4 Å². The number of rotatable bonds is 3. The Balaban J connectivity index is 1.64. The zero-order chi connectivity index (χ0) is 17.1. The second-order valence-electron chi connectivity index (χ2n) is 5.47. The van der Waals surface area contributed by atoms with Crippen LogP contribution in [0.5, 0.6) is 0 Å². The van der Waals surface area contributed by atoms with Gasteiger partial charge in [0.15, 0.2) is 0 Å². The highest BCUT2D eigenvalue weighted by atomic mass is 35.5. The molecule has 0 bridgehead atoms. The van der Waals surface area contributed by atoms with Gasteiger partial charge < -0.3 is 9.80 Å². The van der Waals surface area contributed by atoms with Crippen LogP contribution in [0, 0.1) is 0 Å². The van der Waals surface area contributed by atoms with Crippen molar-refractivity contribution in [3.05, 3.63) is 52.1 Å². The summed E-state index contributed by atoms with van der Waals surface area (Å²) in [6, 6.07) is 9.42. The highest BCUT2D eigenvalue weighted by Gasteiger charge is 2.24. The number of pyridine rings is 1. The predicted molar refractivity (Wildman–Crippen MR) is 101 cm³/mol. The molecule has 2 aromatic rings. The summed E-state index contributed by atoms with van der Waals surface area (Å²) < 4.78 is 0. The molecule has 24 heavy (non-hydrogen) atoms. The lowest BCUT2D eigenvalue weighted by Crippen LogP contribution is -2.49. The van der Waals surface area contributed by atoms with Gasteiger partial charge in [-0.2, -0.15) is 0 Å². The molecule has 2 heterocycles. The summed E-state index contributed by atoms with van der Waals surface area (Å²) >= 11 is 13.8. The topological polar surface area (TPSA) is 36.4 Å². The summed E-state index contributed by atoms with van der Waals surface area (Å²) in [6.45, 7) is 2.68. The number of amides is 1. The molecule has 1 fully saturated rings. The fourth-order valence-electron chi connectivity index (χ4n) is 2.68. The standard InChI is InChI=1S/C17H17Cl2N3OS/c1-24-14-4-2-12(3-5-14)17(23)22-8-6-21(7-9-22)16-15(19)10-13(18)11-20-16/h2-5,10-11H,6-9H2,1H3. The van der Waals surface area contributed by atoms with Crippen molar-refractivity contribution in [2.45, 2.75) is 4.90 Å². The van der Waals surface area contributed by atoms with E-state index in [2.05, 4.69) is 9.88 Å². The van der Waals surface area contributed by atoms with Crippen LogP contribution in [0.3, 0.4) is 0 Å². The summed E-state index contributed by atoms with van der Waals surface area (Å²) in [4.78, 5) is 22.0. The first-order valence-corrected chi connectivity index (χ1v) is 9.56. The highest BCUT2D eigenvalue weighted by molar-refractivity contribution is 7.98. The van der Waals surface area contributed by atoms with E-state index in [9.17, 15) is 4.79 Å². The van der Waals surface area contributed by atoms with Gasteiger partial charge >= 0.3 is 0 Å². The van der Waals surface area contributed by atoms with Gasteiger partial charge in [-0.05, 0) is 36.6 Å². The fourth-order valence-corrected chi connectivity index (χ4v) is 3.59. The summed E-state index contributed by atoms with van der Waals surface area (Å²) in [6.07, 6.45) is 3.61. The number of aromatic nitrogens is 1. The van der Waals surface area contributed by atoms with Crippen LogP contribution in [-0.4, -0.2) is 48.2 Å². The molecule has 0 radical (unpaired) electrons. The van der Waals surface area contributed by atoms with Gasteiger partial charge in [0.25, 0.3) is 5.91 Å². The SMILES string of the molecule is CSc1ccc(C(=O)N2CCN(c3ncc(Cl)cc3Cl)CC2)cc1. The van der Waals surface area contributed by atoms with Crippen molar-refractivity contribution >= 4 is 46.7 Å². The lowest BCUT2D eigenvalue weighted by molar-refractivity contribution is 0.0746. The minimum absolute atomic E-state index is 0.0671. The van der Waals surface area contributed by atoms with E-state index in [4.69, 9.17) is 23.2 Å². The molecule has 1 aliphatic heterocycles. The first-order chi connectivity index (χ1) is 11.6. The zero-order valence-corrected chi connectivity index (χ0v) is 15.5. The van der Waals surface area contributed by atoms with Crippen LogP contribution < -0.4 is 4.90 Å². The number of benzene rings is 1. The molecule has 0 unspecified atom stereocenters. The molecule has 1 aromatic heterocycles. The van der Waals surface area contributed by atoms with E-state index in [0.29, 0.717) is 36.2 Å². The summed E-state index contributed by atoms with van der Waals surface area (Å²) in [5.74, 6) is 0.787. The Morgan fingerprint density at radius 2 is 1.79 bits per heavy atom. The molecule has 3 rings (SSSR count). The molecule has 1 aromatic carbocycles. The lowest BCUT2D eigenvalue weighted by Gasteiger charge is -2.35. The molecule has 1 aliphatic rings. The van der Waals surface area contributed by atoms with Crippen LogP contribution in [-0.2, 0) is 0 Å². The van der Waals surface area contributed by atoms with E-state index >= 15 is 0 Å². The third-order valence-electron chi connectivity index (χ3n) is 3.99. The summed E-state index contributed by atoms with van der Waals surface area (Å²) in [5.41, 5.74) is 0.726. The number of piperazine rings is 1. The Bertz CT molecular complexity index is 731. The molecule has 0 atom stereocenters. The average Bonchev–Trinajstić information content (AvgIpc) is 2.61. The number of hydrogen-bond donors (Lipinski definition) is 0. The number of nitrogens with zero attached hydrogens (tertiary/aromatic N) is 3. The van der Waals surface area contributed by atoms with Crippen LogP contribution in [0.25, 0.3) is 0 Å². The maximum Gasteiger partial charge on any atom is 0.253 e. The van der Waals surface area contributed by atoms with Crippen LogP contribution in [0.2, 0.25) is 10.0 Å². The molecule has 0 N–H and O–H groups in total. The van der Waals surface area contributed by atoms with Gasteiger partial charge in [0, 0.05) is 42.8 Å². The van der Waals surface area contributed by atoms with Crippen LogP contribution in [0.4, 0.5) is 5.82 Å². The number of carbonyl (C=O) groups is 1. The smallest absolute Gasteiger partial charge is 0.253 e. The number of hydrogen-bond acceptors (Lipinski definition) is 4. The van der Waals surface area contributed by atoms with Crippen molar-refractivity contribution in [3.8, 4) is 0 Å². The Kier molecular flexibility index (Phi) is 5.54. The van der Waals surface area contributed by atoms with Crippen molar-refractivity contribution in [1.82, 2.24) is 9.88 Å². The van der Waals surface area contributed by atoms with E-state index < -0.39 is 0 Å². The Morgan fingerprint density at radius 3 is 2.38 bits per heavy atom. The zero-order valence-electron chi connectivity index (χ0n) is 13.2. The van der Waals surface area contributed by atoms with E-state index in [1.165, 1.54) is 0 Å². The summed E-state index contributed by atoms with van der Waals surface area (Å²) in [7, 11) is 0. The van der Waals surface area contributed by atoms with Crippen molar-refractivity contribution in [3.63, 3.8) is 0 Å². The van der Waals surface area contributed by atoms with Gasteiger partial charge in [-0.15, -0.1) is 11.8 Å². The first-order valence-electron chi connectivity index (χ1n) is 7.58. The molecular formula is C17H17Cl2N3OS. The van der Waals surface area contributed by atoms with Crippen molar-refractivity contribution in [1.29, 1.82) is 0 Å². The number of carbonyl (C=O) groups excluding carboxylic acids is 1. The molecular weight excluding hydrogens is 365 g/mol. The minimum atomic E-state index is 0.0671. The number of anilines is 1. The maximum atomic E-state index is 12.6. The van der Waals surface area contributed by atoms with E-state index in [0.717, 1.165) is 16.3 Å². The number of thioether (sulfide) groups is 1. The largest absolute Gasteiger partial charge is 0.352 e. The van der Waals surface area contributed by atoms with E-state index in [-0.39, 0.29) is 5.91 Å². The van der Waals surface area contributed by atoms with Gasteiger partial charge in [0.05, 0.1) is 10.0 Å². The molecule has 1 saturated heterocycles. The Morgan fingerprint density at radius 1 is 1.12 bits per heavy atom. The molecule has 0 spiro atoms. The van der Waals surface area contributed by atoms with Crippen molar-refractivity contribution in [2.75, 3.05) is 37.3 Å². The average molecular weight is 382 g/mol. The highest BCUT2D eigenvalue weighted by Crippen LogP contribution is 2.27. The molecule has 126 valence electrons. The quantitative estimate of drug-likeness (QED) is 0.750. The van der Waals surface area contributed by atoms with Crippen molar-refractivity contribution in [2.24, 2.45) is 0 Å². The van der Waals surface area contributed by atoms with Gasteiger partial charge in [0.1, 0.15) is 5.82 Å². The number of halogens is 2. The predicted octanol–water partition coefficient (Wildman–Crippen LogP) is 4.07. The second kappa shape index (κ2) is 7.64. The Labute approximate surface area is 155 Å². The lowest BCUT2D eigenvalue weighted by atomic mass is 10.2. The molecule has 1 amide bonds. The van der Waals surface area contributed by atoms with Gasteiger partial charge in [-0.25, -0.2) is 4.98 Å². The normalized spacial score (nSPS) is 14.8. The van der Waals surface area contributed by atoms with Gasteiger partial charge in [-0.1, -0.05) is 23.2 Å². The third kappa shape index (κ3) is 3.79. The van der Waals surface area contributed by atoms with Crippen LogP contribution >= 0.6 is 35.0 Å². The monoisotopic (exact) mass is 381 g/mol. The molecule has 0 aliphatic carbocycles. The van der Waals surface area contributed by atoms with E-state index in [1.807, 2.05) is 35.4 Å². The first kappa shape index (κ1) is 17.4. The van der Waals surface area contributed by atoms with Gasteiger partial charge in [0.2, 0.25) is 0 Å². The van der Waals surface area contributed by atoms with Gasteiger partial charge in [-0.3, -0.25) is 4.79 Å². The fraction of sp³-hybridized carbons (Fsp3) is 0.294. The van der Waals surface area contributed by atoms with Crippen LogP contribution in [0.1, 0.15) is 10.4 Å². The molecule has 0 saturated carbocycles. The minimum Gasteiger partial charge on any atom is -0.352 e. The maximum absolute atomic E-state index is 12.6. The Hall–Kier alpha value is -1.43. The summed E-state index contributed by atoms with van der Waals surface area (Å²) in [5, 5.41) is 1.06. The third-order valence-corrected chi connectivity index (χ3v) is 5.22. The van der Waals surface area contributed by atoms with E-state index in [1.54, 1.807) is 24.0 Å².